The summed E-state index contributed by atoms with van der Waals surface area (Å²) in [5.41, 5.74) is 2.66. The van der Waals surface area contributed by atoms with E-state index >= 15 is 0 Å². The van der Waals surface area contributed by atoms with Crippen LogP contribution in [0.5, 0.6) is 0 Å². The van der Waals surface area contributed by atoms with Crippen molar-refractivity contribution in [2.45, 2.75) is 25.3 Å². The second-order valence-corrected chi connectivity index (χ2v) is 6.33. The molecule has 0 unspecified atom stereocenters. The van der Waals surface area contributed by atoms with E-state index in [0.29, 0.717) is 16.1 Å². The first-order valence-electron chi connectivity index (χ1n) is 6.81. The fourth-order valence-corrected chi connectivity index (χ4v) is 2.98. The molecular formula is C14H15ClN4OS. The molecule has 2 amide bonds. The summed E-state index contributed by atoms with van der Waals surface area (Å²) in [4.78, 5) is 12.1. The standard InChI is InChI=1S/C14H15ClN4OS/c15-11-6-4-10(5-7-11)12(9-2-1-3-9)17-13(20)18-14-19-16-8-21-14/h4-9,12H,1-3H2,(H2,17,18,19,20)/t12-/m1/s1. The van der Waals surface area contributed by atoms with E-state index < -0.39 is 0 Å². The van der Waals surface area contributed by atoms with Gasteiger partial charge in [-0.25, -0.2) is 4.79 Å². The Kier molecular flexibility index (Phi) is 4.36. The maximum absolute atomic E-state index is 12.1. The van der Waals surface area contributed by atoms with Crippen molar-refractivity contribution in [2.75, 3.05) is 5.32 Å². The molecule has 0 radical (unpaired) electrons. The maximum atomic E-state index is 12.1. The third-order valence-electron chi connectivity index (χ3n) is 3.72. The molecule has 0 bridgehead atoms. The Morgan fingerprint density at radius 1 is 1.33 bits per heavy atom. The van der Waals surface area contributed by atoms with Gasteiger partial charge in [0.05, 0.1) is 6.04 Å². The lowest BCUT2D eigenvalue weighted by Gasteiger charge is -2.34. The Morgan fingerprint density at radius 3 is 2.67 bits per heavy atom. The largest absolute Gasteiger partial charge is 0.331 e. The van der Waals surface area contributed by atoms with Crippen molar-refractivity contribution < 1.29 is 4.79 Å². The lowest BCUT2D eigenvalue weighted by atomic mass is 9.77. The molecule has 110 valence electrons. The molecule has 1 aromatic heterocycles. The van der Waals surface area contributed by atoms with Crippen LogP contribution in [0.15, 0.2) is 29.8 Å². The van der Waals surface area contributed by atoms with E-state index in [9.17, 15) is 4.79 Å². The van der Waals surface area contributed by atoms with E-state index in [1.165, 1.54) is 17.8 Å². The molecule has 2 aromatic rings. The zero-order valence-corrected chi connectivity index (χ0v) is 12.8. The first-order chi connectivity index (χ1) is 10.2. The first-order valence-corrected chi connectivity index (χ1v) is 8.07. The summed E-state index contributed by atoms with van der Waals surface area (Å²) in [5.74, 6) is 0.478. The molecule has 1 saturated carbocycles. The van der Waals surface area contributed by atoms with Gasteiger partial charge in [-0.2, -0.15) is 0 Å². The molecule has 21 heavy (non-hydrogen) atoms. The summed E-state index contributed by atoms with van der Waals surface area (Å²) >= 11 is 7.22. The van der Waals surface area contributed by atoms with Crippen LogP contribution in [0.1, 0.15) is 30.9 Å². The average molecular weight is 323 g/mol. The highest BCUT2D eigenvalue weighted by Gasteiger charge is 2.29. The van der Waals surface area contributed by atoms with Crippen LogP contribution in [0.4, 0.5) is 9.93 Å². The Morgan fingerprint density at radius 2 is 2.10 bits per heavy atom. The zero-order chi connectivity index (χ0) is 14.7. The molecule has 2 N–H and O–H groups in total. The number of nitrogens with zero attached hydrogens (tertiary/aromatic N) is 2. The van der Waals surface area contributed by atoms with Gasteiger partial charge in [0, 0.05) is 5.02 Å². The molecule has 1 atom stereocenters. The van der Waals surface area contributed by atoms with Gasteiger partial charge in [0.1, 0.15) is 5.51 Å². The van der Waals surface area contributed by atoms with Crippen LogP contribution in [0.3, 0.4) is 0 Å². The minimum absolute atomic E-state index is 0.00365. The molecule has 1 aliphatic carbocycles. The Hall–Kier alpha value is -1.66. The zero-order valence-electron chi connectivity index (χ0n) is 11.3. The summed E-state index contributed by atoms with van der Waals surface area (Å²) in [6, 6.07) is 7.40. The highest BCUT2D eigenvalue weighted by molar-refractivity contribution is 7.13. The van der Waals surface area contributed by atoms with Gasteiger partial charge in [-0.15, -0.1) is 10.2 Å². The molecule has 1 aliphatic rings. The highest BCUT2D eigenvalue weighted by atomic mass is 35.5. The van der Waals surface area contributed by atoms with Gasteiger partial charge in [-0.05, 0) is 36.5 Å². The average Bonchev–Trinajstić information content (AvgIpc) is 2.89. The van der Waals surface area contributed by atoms with Crippen molar-refractivity contribution in [1.29, 1.82) is 0 Å². The molecular weight excluding hydrogens is 308 g/mol. The van der Waals surface area contributed by atoms with Gasteiger partial charge in [0.2, 0.25) is 5.13 Å². The molecule has 3 rings (SSSR count). The third-order valence-corrected chi connectivity index (χ3v) is 4.58. The van der Waals surface area contributed by atoms with Crippen LogP contribution < -0.4 is 10.6 Å². The van der Waals surface area contributed by atoms with Crippen molar-refractivity contribution in [2.24, 2.45) is 5.92 Å². The molecule has 0 saturated heterocycles. The molecule has 7 heteroatoms. The van der Waals surface area contributed by atoms with E-state index in [4.69, 9.17) is 11.6 Å². The molecule has 5 nitrogen and oxygen atoms in total. The second-order valence-electron chi connectivity index (χ2n) is 5.06. The summed E-state index contributed by atoms with van der Waals surface area (Å²) < 4.78 is 0. The number of urea groups is 1. The van der Waals surface area contributed by atoms with E-state index in [2.05, 4.69) is 20.8 Å². The third kappa shape index (κ3) is 3.51. The van der Waals surface area contributed by atoms with Crippen LogP contribution in [-0.4, -0.2) is 16.2 Å². The van der Waals surface area contributed by atoms with Crippen LogP contribution in [-0.2, 0) is 0 Å². The number of anilines is 1. The Labute approximate surface area is 131 Å². The van der Waals surface area contributed by atoms with E-state index in [1.54, 1.807) is 5.51 Å². The Balaban J connectivity index is 1.70. The number of aromatic nitrogens is 2. The predicted octanol–water partition coefficient (Wildman–Crippen LogP) is 3.85. The van der Waals surface area contributed by atoms with Gasteiger partial charge in [-0.3, -0.25) is 5.32 Å². The summed E-state index contributed by atoms with van der Waals surface area (Å²) in [7, 11) is 0. The van der Waals surface area contributed by atoms with Crippen LogP contribution in [0, 0.1) is 5.92 Å². The van der Waals surface area contributed by atoms with Crippen LogP contribution >= 0.6 is 22.9 Å². The molecule has 1 aromatic carbocycles. The van der Waals surface area contributed by atoms with Crippen molar-refractivity contribution in [3.05, 3.63) is 40.4 Å². The van der Waals surface area contributed by atoms with E-state index in [-0.39, 0.29) is 12.1 Å². The lowest BCUT2D eigenvalue weighted by Crippen LogP contribution is -2.38. The maximum Gasteiger partial charge on any atom is 0.321 e. The fraction of sp³-hybridized carbons (Fsp3) is 0.357. The fourth-order valence-electron chi connectivity index (χ4n) is 2.42. The monoisotopic (exact) mass is 322 g/mol. The van der Waals surface area contributed by atoms with Crippen LogP contribution in [0.2, 0.25) is 5.02 Å². The number of nitrogens with one attached hydrogen (secondary N) is 2. The number of hydrogen-bond acceptors (Lipinski definition) is 4. The molecule has 1 fully saturated rings. The first kappa shape index (κ1) is 14.3. The molecule has 0 aliphatic heterocycles. The van der Waals surface area contributed by atoms with Crippen molar-refractivity contribution in [3.8, 4) is 0 Å². The Bertz CT molecular complexity index is 598. The lowest BCUT2D eigenvalue weighted by molar-refractivity contribution is 0.216. The normalized spacial score (nSPS) is 16.0. The van der Waals surface area contributed by atoms with Crippen LogP contribution in [0.25, 0.3) is 0 Å². The number of benzene rings is 1. The van der Waals surface area contributed by atoms with E-state index in [1.807, 2.05) is 24.3 Å². The minimum atomic E-state index is -0.251. The van der Waals surface area contributed by atoms with Gasteiger partial charge >= 0.3 is 6.03 Å². The summed E-state index contributed by atoms with van der Waals surface area (Å²) in [6.07, 6.45) is 3.48. The summed E-state index contributed by atoms with van der Waals surface area (Å²) in [5, 5.41) is 14.4. The van der Waals surface area contributed by atoms with E-state index in [0.717, 1.165) is 18.4 Å². The quantitative estimate of drug-likeness (QED) is 0.898. The van der Waals surface area contributed by atoms with Crippen molar-refractivity contribution >= 4 is 34.1 Å². The topological polar surface area (TPSA) is 66.9 Å². The number of rotatable bonds is 4. The minimum Gasteiger partial charge on any atom is -0.331 e. The van der Waals surface area contributed by atoms with Gasteiger partial charge in [-0.1, -0.05) is 41.5 Å². The predicted molar refractivity (Wildman–Crippen MR) is 83.6 cm³/mol. The van der Waals surface area contributed by atoms with Crippen molar-refractivity contribution in [1.82, 2.24) is 15.5 Å². The number of carbonyl (C=O) groups excluding carboxylic acids is 1. The number of carbonyl (C=O) groups is 1. The molecule has 0 spiro atoms. The number of halogens is 1. The van der Waals surface area contributed by atoms with Gasteiger partial charge in [0.15, 0.2) is 0 Å². The number of hydrogen-bond donors (Lipinski definition) is 2. The van der Waals surface area contributed by atoms with Gasteiger partial charge in [0.25, 0.3) is 0 Å². The smallest absolute Gasteiger partial charge is 0.321 e. The summed E-state index contributed by atoms with van der Waals surface area (Å²) in [6.45, 7) is 0. The highest BCUT2D eigenvalue weighted by Crippen LogP contribution is 2.38. The van der Waals surface area contributed by atoms with Gasteiger partial charge < -0.3 is 5.32 Å². The second kappa shape index (κ2) is 6.41. The molecule has 1 heterocycles. The SMILES string of the molecule is O=C(Nc1nncs1)N[C@@H](c1ccc(Cl)cc1)C1CCC1. The number of amides is 2. The van der Waals surface area contributed by atoms with Crippen molar-refractivity contribution in [3.63, 3.8) is 0 Å².